The van der Waals surface area contributed by atoms with E-state index in [2.05, 4.69) is 49.7 Å². The zero-order valence-electron chi connectivity index (χ0n) is 48.9. The van der Waals surface area contributed by atoms with Gasteiger partial charge in [-0.1, -0.05) is 320 Å². The summed E-state index contributed by atoms with van der Waals surface area (Å²) in [6, 6.07) is -0.472. The molecule has 3 N–H and O–H groups in total. The van der Waals surface area contributed by atoms with E-state index in [0.717, 1.165) is 44.9 Å². The Balaban J connectivity index is 3.29. The summed E-state index contributed by atoms with van der Waals surface area (Å²) in [7, 11) is 0. The Hall–Kier alpha value is -1.27. The topological polar surface area (TPSA) is 78.8 Å². The van der Waals surface area contributed by atoms with Gasteiger partial charge in [-0.3, -0.25) is 4.79 Å². The van der Waals surface area contributed by atoms with E-state index in [-0.39, 0.29) is 6.61 Å². The van der Waals surface area contributed by atoms with E-state index in [0.29, 0.717) is 12.4 Å². The second kappa shape index (κ2) is 64.0. The molecule has 0 radical (unpaired) electrons. The van der Waals surface area contributed by atoms with Gasteiger partial charge in [-0.15, -0.1) is 0 Å². The van der Waals surface area contributed by atoms with E-state index < -0.39 is 12.1 Å². The molecule has 0 rings (SSSR count). The second-order valence-corrected chi connectivity index (χ2v) is 22.5. The van der Waals surface area contributed by atoms with Crippen molar-refractivity contribution in [1.29, 1.82) is 0 Å². The number of nitrogens with one attached hydrogen (secondary N) is 1. The predicted molar refractivity (Wildman–Crippen MR) is 319 cm³/mol. The largest absolute Gasteiger partial charge is 0.395 e. The number of hydrogen-bond donors (Lipinski definition) is 3. The van der Waals surface area contributed by atoms with Crippen molar-refractivity contribution < 1.29 is 19.8 Å². The molecule has 0 heterocycles. The van der Waals surface area contributed by atoms with Crippen LogP contribution in [0, 0.1) is 0 Å². The summed E-state index contributed by atoms with van der Waals surface area (Å²) in [6.45, 7) is 5.02. The monoisotopic (exact) mass is 1010 g/mol. The molecule has 426 valence electrons. The molecule has 0 saturated heterocycles. The van der Waals surface area contributed by atoms with E-state index in [9.17, 15) is 15.0 Å². The highest BCUT2D eigenvalue weighted by Crippen LogP contribution is 2.18. The molecule has 0 aliphatic rings. The molecular formula is C67H129NO4. The lowest BCUT2D eigenvalue weighted by molar-refractivity contribution is -0.119. The molecular weight excluding hydrogens is 883 g/mol. The van der Waals surface area contributed by atoms with Crippen molar-refractivity contribution in [3.63, 3.8) is 0 Å². The minimum absolute atomic E-state index is 0.140. The SMILES string of the molecule is CCCCC/C=C\C/C=C\CCCCCCCC(=O)CCCCCCCCCCCCCCCCCCCCCCCCCCCCCCCONC(CO)C(O)/C=C/CCCCCCCCCCCCC. The second-order valence-electron chi connectivity index (χ2n) is 22.5. The minimum atomic E-state index is -0.728. The number of Topliss-reactive ketones (excluding diaryl/α,β-unsaturated/α-hetero) is 1. The van der Waals surface area contributed by atoms with Gasteiger partial charge in [-0.2, -0.15) is 5.48 Å². The maximum absolute atomic E-state index is 12.3. The van der Waals surface area contributed by atoms with Gasteiger partial charge in [-0.05, 0) is 64.2 Å². The van der Waals surface area contributed by atoms with Gasteiger partial charge < -0.3 is 15.1 Å². The fraction of sp³-hybridized carbons (Fsp3) is 0.896. The van der Waals surface area contributed by atoms with Crippen LogP contribution in [-0.4, -0.2) is 41.4 Å². The van der Waals surface area contributed by atoms with E-state index in [4.69, 9.17) is 4.84 Å². The Morgan fingerprint density at radius 3 is 1.00 bits per heavy atom. The fourth-order valence-corrected chi connectivity index (χ4v) is 10.2. The smallest absolute Gasteiger partial charge is 0.132 e. The molecule has 0 bridgehead atoms. The summed E-state index contributed by atoms with van der Waals surface area (Å²) >= 11 is 0. The molecule has 0 aliphatic carbocycles. The van der Waals surface area contributed by atoms with Crippen molar-refractivity contribution in [2.24, 2.45) is 0 Å². The van der Waals surface area contributed by atoms with Crippen LogP contribution in [0.15, 0.2) is 36.5 Å². The third-order valence-electron chi connectivity index (χ3n) is 15.3. The lowest BCUT2D eigenvalue weighted by atomic mass is 10.0. The molecule has 5 nitrogen and oxygen atoms in total. The molecule has 0 aliphatic heterocycles. The molecule has 0 fully saturated rings. The van der Waals surface area contributed by atoms with Crippen LogP contribution in [-0.2, 0) is 9.63 Å². The number of rotatable bonds is 63. The first-order valence-electron chi connectivity index (χ1n) is 32.8. The quantitative estimate of drug-likeness (QED) is 0.0321. The third-order valence-corrected chi connectivity index (χ3v) is 15.3. The maximum Gasteiger partial charge on any atom is 0.132 e. The number of unbranched alkanes of at least 4 members (excludes halogenated alkanes) is 47. The van der Waals surface area contributed by atoms with E-state index in [1.807, 2.05) is 6.08 Å². The number of carbonyl (C=O) groups excluding carboxylic acids is 1. The van der Waals surface area contributed by atoms with Gasteiger partial charge in [0, 0.05) is 12.8 Å². The van der Waals surface area contributed by atoms with Gasteiger partial charge in [0.1, 0.15) is 5.78 Å². The van der Waals surface area contributed by atoms with Crippen molar-refractivity contribution in [2.45, 2.75) is 373 Å². The summed E-state index contributed by atoms with van der Waals surface area (Å²) in [4.78, 5) is 17.9. The first-order chi connectivity index (χ1) is 35.7. The van der Waals surface area contributed by atoms with Crippen LogP contribution < -0.4 is 5.48 Å². The highest BCUT2D eigenvalue weighted by Gasteiger charge is 2.15. The van der Waals surface area contributed by atoms with Crippen LogP contribution in [0.5, 0.6) is 0 Å². The van der Waals surface area contributed by atoms with Gasteiger partial charge in [0.15, 0.2) is 0 Å². The number of hydrogen-bond acceptors (Lipinski definition) is 5. The van der Waals surface area contributed by atoms with Crippen molar-refractivity contribution >= 4 is 5.78 Å². The van der Waals surface area contributed by atoms with E-state index in [1.54, 1.807) is 0 Å². The molecule has 0 aromatic rings. The van der Waals surface area contributed by atoms with Crippen LogP contribution in [0.2, 0.25) is 0 Å². The fourth-order valence-electron chi connectivity index (χ4n) is 10.2. The van der Waals surface area contributed by atoms with Gasteiger partial charge in [0.05, 0.1) is 25.4 Å². The first-order valence-corrected chi connectivity index (χ1v) is 32.8. The summed E-state index contributed by atoms with van der Waals surface area (Å²) in [5.41, 5.74) is 2.89. The Kier molecular flexibility index (Phi) is 62.9. The number of ketones is 1. The van der Waals surface area contributed by atoms with Gasteiger partial charge in [0.25, 0.3) is 0 Å². The Labute approximate surface area is 451 Å². The minimum Gasteiger partial charge on any atom is -0.395 e. The van der Waals surface area contributed by atoms with Crippen molar-refractivity contribution in [1.82, 2.24) is 5.48 Å². The summed E-state index contributed by atoms with van der Waals surface area (Å²) in [6.07, 6.45) is 83.3. The molecule has 2 unspecified atom stereocenters. The maximum atomic E-state index is 12.3. The highest BCUT2D eigenvalue weighted by molar-refractivity contribution is 5.78. The molecule has 0 aromatic heterocycles. The van der Waals surface area contributed by atoms with E-state index in [1.165, 1.54) is 302 Å². The number of allylic oxidation sites excluding steroid dienone is 5. The van der Waals surface area contributed by atoms with Crippen LogP contribution in [0.1, 0.15) is 361 Å². The lowest BCUT2D eigenvalue weighted by Crippen LogP contribution is -2.42. The molecule has 5 heteroatoms. The number of aliphatic hydroxyl groups excluding tert-OH is 2. The standard InChI is InChI=1S/C67H129NO4/c1-3-5-7-9-11-13-15-17-33-37-40-44-48-52-56-60-65(70)61-57-53-49-45-41-38-34-31-29-27-25-23-21-19-18-20-22-24-26-28-30-32-35-39-43-47-51-55-59-63-72-68-66(64-69)67(71)62-58-54-50-46-42-36-16-14-12-10-8-6-4-2/h11,13,17,33,58,62,66-69,71H,3-10,12,14-16,18-32,34-57,59-61,63-64H2,1-2H3/b13-11-,33-17-,62-58+. The van der Waals surface area contributed by atoms with Crippen molar-refractivity contribution in [2.75, 3.05) is 13.2 Å². The molecule has 0 spiro atoms. The third kappa shape index (κ3) is 59.6. The van der Waals surface area contributed by atoms with Crippen molar-refractivity contribution in [3.8, 4) is 0 Å². The Bertz CT molecular complexity index is 1100. The number of carbonyl (C=O) groups is 1. The van der Waals surface area contributed by atoms with Gasteiger partial charge in [0.2, 0.25) is 0 Å². The summed E-state index contributed by atoms with van der Waals surface area (Å²) < 4.78 is 0. The van der Waals surface area contributed by atoms with Crippen LogP contribution >= 0.6 is 0 Å². The average Bonchev–Trinajstić information content (AvgIpc) is 3.38. The average molecular weight is 1010 g/mol. The zero-order valence-corrected chi connectivity index (χ0v) is 48.9. The molecule has 72 heavy (non-hydrogen) atoms. The predicted octanol–water partition coefficient (Wildman–Crippen LogP) is 21.6. The highest BCUT2D eigenvalue weighted by atomic mass is 16.6. The summed E-state index contributed by atoms with van der Waals surface area (Å²) in [5, 5.41) is 20.2. The lowest BCUT2D eigenvalue weighted by Gasteiger charge is -2.19. The number of aliphatic hydroxyl groups is 2. The van der Waals surface area contributed by atoms with Crippen LogP contribution in [0.4, 0.5) is 0 Å². The van der Waals surface area contributed by atoms with Crippen molar-refractivity contribution in [3.05, 3.63) is 36.5 Å². The van der Waals surface area contributed by atoms with E-state index >= 15 is 0 Å². The molecule has 2 atom stereocenters. The van der Waals surface area contributed by atoms with Crippen LogP contribution in [0.25, 0.3) is 0 Å². The molecule has 0 amide bonds. The Morgan fingerprint density at radius 1 is 0.375 bits per heavy atom. The summed E-state index contributed by atoms with van der Waals surface area (Å²) in [5.74, 6) is 0.507. The normalized spacial score (nSPS) is 12.9. The molecule has 0 aromatic carbocycles. The van der Waals surface area contributed by atoms with Gasteiger partial charge in [-0.25, -0.2) is 0 Å². The molecule has 0 saturated carbocycles. The van der Waals surface area contributed by atoms with Crippen LogP contribution in [0.3, 0.4) is 0 Å². The Morgan fingerprint density at radius 2 is 0.653 bits per heavy atom. The van der Waals surface area contributed by atoms with Gasteiger partial charge >= 0.3 is 0 Å². The number of hydroxylamine groups is 1. The zero-order chi connectivity index (χ0) is 52.0. The first kappa shape index (κ1) is 70.7.